The van der Waals surface area contributed by atoms with Crippen LogP contribution in [0.1, 0.15) is 42.4 Å². The molecule has 0 aliphatic carbocycles. The lowest BCUT2D eigenvalue weighted by molar-refractivity contribution is -0.138. The minimum Gasteiger partial charge on any atom is -0.481 e. The Morgan fingerprint density at radius 1 is 0.758 bits per heavy atom. The molecule has 1 N–H and O–H groups in total. The van der Waals surface area contributed by atoms with Crippen molar-refractivity contribution in [2.75, 3.05) is 31.3 Å². The summed E-state index contributed by atoms with van der Waals surface area (Å²) in [5.41, 5.74) is 3.93. The predicted octanol–water partition coefficient (Wildman–Crippen LogP) is 3.95. The number of hydrogen-bond donors (Lipinski definition) is 1. The first kappa shape index (κ1) is 24.4. The van der Waals surface area contributed by atoms with Crippen molar-refractivity contribution in [2.24, 2.45) is 0 Å². The zero-order valence-corrected chi connectivity index (χ0v) is 18.6. The molecule has 7 heteroatoms. The minimum absolute atomic E-state index is 0.0317. The van der Waals surface area contributed by atoms with Gasteiger partial charge in [-0.05, 0) is 22.8 Å². The van der Waals surface area contributed by atoms with Gasteiger partial charge in [0.2, 0.25) is 5.91 Å². The summed E-state index contributed by atoms with van der Waals surface area (Å²) in [4.78, 5) is 37.5. The molecular formula is C26H29NO6. The molecule has 3 rings (SSSR count). The van der Waals surface area contributed by atoms with Crippen molar-refractivity contribution in [3.05, 3.63) is 65.2 Å². The van der Waals surface area contributed by atoms with Gasteiger partial charge in [0, 0.05) is 19.3 Å². The molecule has 2 aromatic carbocycles. The Kier molecular flexibility index (Phi) is 9.35. The second-order valence-electron chi connectivity index (χ2n) is 7.73. The van der Waals surface area contributed by atoms with Gasteiger partial charge in [-0.1, -0.05) is 54.6 Å². The molecule has 1 aliphatic rings. The maximum Gasteiger partial charge on any atom is 0.305 e. The summed E-state index contributed by atoms with van der Waals surface area (Å²) < 4.78 is 10.5. The maximum atomic E-state index is 13.1. The van der Waals surface area contributed by atoms with Gasteiger partial charge in [-0.15, -0.1) is 0 Å². The molecule has 0 aromatic heterocycles. The molecular weight excluding hydrogens is 422 g/mol. The van der Waals surface area contributed by atoms with Crippen LogP contribution < -0.4 is 4.90 Å². The van der Waals surface area contributed by atoms with Crippen molar-refractivity contribution in [1.82, 2.24) is 0 Å². The lowest BCUT2D eigenvalue weighted by Crippen LogP contribution is -2.32. The summed E-state index contributed by atoms with van der Waals surface area (Å²) in [6.07, 6.45) is 4.56. The van der Waals surface area contributed by atoms with Gasteiger partial charge < -0.3 is 19.5 Å². The van der Waals surface area contributed by atoms with Crippen molar-refractivity contribution in [1.29, 1.82) is 0 Å². The van der Waals surface area contributed by atoms with Crippen LogP contribution in [0.4, 0.5) is 5.69 Å². The molecule has 1 amide bonds. The fourth-order valence-electron chi connectivity index (χ4n) is 3.55. The Bertz CT molecular complexity index is 1000. The van der Waals surface area contributed by atoms with E-state index in [4.69, 9.17) is 14.6 Å². The van der Waals surface area contributed by atoms with Crippen molar-refractivity contribution in [3.63, 3.8) is 0 Å². The van der Waals surface area contributed by atoms with Gasteiger partial charge in [-0.25, -0.2) is 0 Å². The van der Waals surface area contributed by atoms with E-state index in [1.165, 1.54) is 0 Å². The Morgan fingerprint density at radius 2 is 1.39 bits per heavy atom. The van der Waals surface area contributed by atoms with E-state index in [0.717, 1.165) is 22.4 Å². The minimum atomic E-state index is -0.907. The van der Waals surface area contributed by atoms with Crippen molar-refractivity contribution >= 4 is 35.5 Å². The number of anilines is 1. The van der Waals surface area contributed by atoms with Crippen LogP contribution in [0.5, 0.6) is 0 Å². The first-order valence-corrected chi connectivity index (χ1v) is 11.1. The van der Waals surface area contributed by atoms with Crippen LogP contribution in [0.2, 0.25) is 0 Å². The van der Waals surface area contributed by atoms with E-state index in [0.29, 0.717) is 13.2 Å². The molecule has 33 heavy (non-hydrogen) atoms. The predicted molar refractivity (Wildman–Crippen MR) is 126 cm³/mol. The number of para-hydroxylation sites is 1. The number of fused-ring (bicyclic) bond motifs is 2. The summed E-state index contributed by atoms with van der Waals surface area (Å²) in [6.45, 7) is 1.42. The van der Waals surface area contributed by atoms with Gasteiger partial charge in [0.05, 0.1) is 45.1 Å². The standard InChI is InChI=1S/C26H29NO6/c28-23(13-15-32-17-18-33-16-14-26(30)31)11-12-25(29)27-19-22-7-2-1-5-20(22)9-10-21-6-3-4-8-24(21)27/h1-10H,11-19H2,(H,30,31)/b10-9-. The molecule has 0 saturated heterocycles. The van der Waals surface area contributed by atoms with Crippen LogP contribution in [0.15, 0.2) is 48.5 Å². The third-order valence-electron chi connectivity index (χ3n) is 5.33. The molecule has 0 saturated carbocycles. The van der Waals surface area contributed by atoms with E-state index >= 15 is 0 Å². The summed E-state index contributed by atoms with van der Waals surface area (Å²) in [7, 11) is 0. The van der Waals surface area contributed by atoms with E-state index in [9.17, 15) is 14.4 Å². The highest BCUT2D eigenvalue weighted by Crippen LogP contribution is 2.29. The number of carbonyl (C=O) groups excluding carboxylic acids is 2. The normalized spacial score (nSPS) is 13.4. The number of Topliss-reactive ketones (excluding diaryl/α,β-unsaturated/α-hetero) is 1. The molecule has 7 nitrogen and oxygen atoms in total. The van der Waals surface area contributed by atoms with Gasteiger partial charge >= 0.3 is 5.97 Å². The van der Waals surface area contributed by atoms with Crippen LogP contribution in [0.3, 0.4) is 0 Å². The van der Waals surface area contributed by atoms with Gasteiger partial charge in [0.1, 0.15) is 5.78 Å². The molecule has 0 spiro atoms. The number of carboxylic acids is 1. The number of nitrogens with zero attached hydrogens (tertiary/aromatic N) is 1. The number of amides is 1. The topological polar surface area (TPSA) is 93.1 Å². The molecule has 1 aliphatic heterocycles. The smallest absolute Gasteiger partial charge is 0.305 e. The molecule has 0 radical (unpaired) electrons. The van der Waals surface area contributed by atoms with Crippen molar-refractivity contribution in [3.8, 4) is 0 Å². The molecule has 0 bridgehead atoms. The second kappa shape index (κ2) is 12.7. The Morgan fingerprint density at radius 3 is 2.15 bits per heavy atom. The molecule has 0 atom stereocenters. The van der Waals surface area contributed by atoms with E-state index in [2.05, 4.69) is 6.08 Å². The average molecular weight is 452 g/mol. The van der Waals surface area contributed by atoms with Crippen LogP contribution in [-0.2, 0) is 30.4 Å². The molecule has 0 fully saturated rings. The van der Waals surface area contributed by atoms with Crippen molar-refractivity contribution < 1.29 is 29.0 Å². The SMILES string of the molecule is O=C(O)CCOCCOCCC(=O)CCC(=O)N1Cc2ccccc2/C=C\c2ccccc21. The van der Waals surface area contributed by atoms with E-state index in [1.807, 2.05) is 54.6 Å². The van der Waals surface area contributed by atoms with Crippen LogP contribution in [-0.4, -0.2) is 49.2 Å². The van der Waals surface area contributed by atoms with E-state index in [-0.39, 0.29) is 57.2 Å². The number of benzene rings is 2. The van der Waals surface area contributed by atoms with Crippen LogP contribution >= 0.6 is 0 Å². The third-order valence-corrected chi connectivity index (χ3v) is 5.33. The maximum absolute atomic E-state index is 13.1. The molecule has 0 unspecified atom stereocenters. The highest BCUT2D eigenvalue weighted by molar-refractivity contribution is 5.98. The fourth-order valence-corrected chi connectivity index (χ4v) is 3.55. The van der Waals surface area contributed by atoms with Gasteiger partial charge in [0.25, 0.3) is 0 Å². The van der Waals surface area contributed by atoms with Gasteiger partial charge in [0.15, 0.2) is 0 Å². The molecule has 1 heterocycles. The van der Waals surface area contributed by atoms with Crippen molar-refractivity contribution in [2.45, 2.75) is 32.2 Å². The highest BCUT2D eigenvalue weighted by atomic mass is 16.5. The average Bonchev–Trinajstić information content (AvgIpc) is 2.80. The summed E-state index contributed by atoms with van der Waals surface area (Å²) in [5.74, 6) is -1.03. The number of carbonyl (C=O) groups is 3. The summed E-state index contributed by atoms with van der Waals surface area (Å²) in [6, 6.07) is 15.8. The summed E-state index contributed by atoms with van der Waals surface area (Å²) >= 11 is 0. The Balaban J connectivity index is 1.48. The van der Waals surface area contributed by atoms with E-state index < -0.39 is 5.97 Å². The van der Waals surface area contributed by atoms with Crippen LogP contribution in [0, 0.1) is 0 Å². The zero-order valence-electron chi connectivity index (χ0n) is 18.6. The molecule has 174 valence electrons. The Labute approximate surface area is 193 Å². The van der Waals surface area contributed by atoms with Crippen LogP contribution in [0.25, 0.3) is 12.2 Å². The lowest BCUT2D eigenvalue weighted by atomic mass is 10.0. The van der Waals surface area contributed by atoms with E-state index in [1.54, 1.807) is 4.90 Å². The van der Waals surface area contributed by atoms with Gasteiger partial charge in [-0.2, -0.15) is 0 Å². The number of rotatable bonds is 12. The zero-order chi connectivity index (χ0) is 23.5. The molecule has 2 aromatic rings. The quantitative estimate of drug-likeness (QED) is 0.491. The fraction of sp³-hybridized carbons (Fsp3) is 0.346. The number of hydrogen-bond acceptors (Lipinski definition) is 5. The number of ether oxygens (including phenoxy) is 2. The number of carboxylic acid groups (broad SMARTS) is 1. The highest BCUT2D eigenvalue weighted by Gasteiger charge is 2.21. The number of ketones is 1. The Hall–Kier alpha value is -3.29. The second-order valence-corrected chi connectivity index (χ2v) is 7.73. The van der Waals surface area contributed by atoms with Gasteiger partial charge in [-0.3, -0.25) is 14.4 Å². The summed E-state index contributed by atoms with van der Waals surface area (Å²) in [5, 5.41) is 8.53. The lowest BCUT2D eigenvalue weighted by Gasteiger charge is -2.27. The first-order valence-electron chi connectivity index (χ1n) is 11.1. The monoisotopic (exact) mass is 451 g/mol. The third kappa shape index (κ3) is 7.66. The number of aliphatic carboxylic acids is 1. The largest absolute Gasteiger partial charge is 0.481 e. The first-order chi connectivity index (χ1) is 16.0.